The molecule has 2 heterocycles. The second-order valence-electron chi connectivity index (χ2n) is 4.89. The molecule has 2 rings (SSSR count). The Morgan fingerprint density at radius 3 is 2.45 bits per heavy atom. The van der Waals surface area contributed by atoms with Crippen molar-refractivity contribution < 1.29 is 9.59 Å². The number of nitrogens with one attached hydrogen (secondary N) is 3. The van der Waals surface area contributed by atoms with Crippen LogP contribution in [0.3, 0.4) is 0 Å². The molecule has 0 radical (unpaired) electrons. The topological polar surface area (TPSA) is 99.2 Å². The van der Waals surface area contributed by atoms with Crippen molar-refractivity contribution in [3.8, 4) is 0 Å². The van der Waals surface area contributed by atoms with E-state index in [9.17, 15) is 9.59 Å². The fourth-order valence-corrected chi connectivity index (χ4v) is 2.23. The van der Waals surface area contributed by atoms with Gasteiger partial charge in [0.1, 0.15) is 5.69 Å². The molecule has 0 atom stereocenters. The summed E-state index contributed by atoms with van der Waals surface area (Å²) in [5.74, 6) is -0.214. The molecular weight excluding hydrogens is 284 g/mol. The van der Waals surface area contributed by atoms with Gasteiger partial charge in [0.25, 0.3) is 11.8 Å². The fraction of sp³-hybridized carbons (Fsp3) is 0.571. The minimum absolute atomic E-state index is 0.122. The Bertz CT molecular complexity index is 542. The Kier molecular flexibility index (Phi) is 5.65. The van der Waals surface area contributed by atoms with Crippen LogP contribution in [0.1, 0.15) is 34.7 Å². The number of rotatable bonds is 5. The SMILES string of the molecule is CCNC(=O)c1cnc(N2CCNCC2)nc1C(=O)NCC. The lowest BCUT2D eigenvalue weighted by molar-refractivity contribution is 0.0917. The van der Waals surface area contributed by atoms with Crippen LogP contribution in [0.2, 0.25) is 0 Å². The normalized spacial score (nSPS) is 14.5. The third-order valence-electron chi connectivity index (χ3n) is 3.31. The van der Waals surface area contributed by atoms with Gasteiger partial charge in [0.15, 0.2) is 0 Å². The van der Waals surface area contributed by atoms with E-state index in [2.05, 4.69) is 25.9 Å². The smallest absolute Gasteiger partial charge is 0.270 e. The predicted molar refractivity (Wildman–Crippen MR) is 83.1 cm³/mol. The molecule has 3 N–H and O–H groups in total. The van der Waals surface area contributed by atoms with Crippen molar-refractivity contribution in [3.05, 3.63) is 17.5 Å². The third kappa shape index (κ3) is 3.70. The highest BCUT2D eigenvalue weighted by Crippen LogP contribution is 2.13. The molecule has 0 saturated carbocycles. The van der Waals surface area contributed by atoms with Gasteiger partial charge in [0.2, 0.25) is 5.95 Å². The Morgan fingerprint density at radius 1 is 1.18 bits per heavy atom. The fourth-order valence-electron chi connectivity index (χ4n) is 2.23. The quantitative estimate of drug-likeness (QED) is 0.671. The van der Waals surface area contributed by atoms with E-state index in [0.717, 1.165) is 26.2 Å². The van der Waals surface area contributed by atoms with Gasteiger partial charge in [-0.2, -0.15) is 0 Å². The number of aromatic nitrogens is 2. The Labute approximate surface area is 129 Å². The van der Waals surface area contributed by atoms with E-state index in [4.69, 9.17) is 0 Å². The van der Waals surface area contributed by atoms with Crippen LogP contribution in [-0.4, -0.2) is 61.1 Å². The van der Waals surface area contributed by atoms with Gasteiger partial charge >= 0.3 is 0 Å². The Balaban J connectivity index is 2.33. The first-order valence-corrected chi connectivity index (χ1v) is 7.56. The lowest BCUT2D eigenvalue weighted by Crippen LogP contribution is -2.44. The zero-order valence-corrected chi connectivity index (χ0v) is 13.0. The van der Waals surface area contributed by atoms with Crippen LogP contribution >= 0.6 is 0 Å². The van der Waals surface area contributed by atoms with Gasteiger partial charge in [-0.1, -0.05) is 0 Å². The third-order valence-corrected chi connectivity index (χ3v) is 3.31. The zero-order valence-electron chi connectivity index (χ0n) is 13.0. The average Bonchev–Trinajstić information content (AvgIpc) is 2.55. The molecule has 1 aromatic rings. The van der Waals surface area contributed by atoms with Crippen LogP contribution in [-0.2, 0) is 0 Å². The molecule has 8 nitrogen and oxygen atoms in total. The number of hydrogen-bond acceptors (Lipinski definition) is 6. The highest BCUT2D eigenvalue weighted by Gasteiger charge is 2.22. The summed E-state index contributed by atoms with van der Waals surface area (Å²) in [4.78, 5) is 34.9. The number of anilines is 1. The van der Waals surface area contributed by atoms with Crippen molar-refractivity contribution in [2.75, 3.05) is 44.2 Å². The summed E-state index contributed by atoms with van der Waals surface area (Å²) >= 11 is 0. The maximum atomic E-state index is 12.2. The molecule has 0 spiro atoms. The molecule has 0 aliphatic carbocycles. The minimum Gasteiger partial charge on any atom is -0.352 e. The van der Waals surface area contributed by atoms with Gasteiger partial charge in [-0.15, -0.1) is 0 Å². The van der Waals surface area contributed by atoms with Gasteiger partial charge in [-0.25, -0.2) is 9.97 Å². The first-order valence-electron chi connectivity index (χ1n) is 7.56. The van der Waals surface area contributed by atoms with Gasteiger partial charge in [0.05, 0.1) is 5.56 Å². The van der Waals surface area contributed by atoms with Gasteiger partial charge < -0.3 is 20.9 Å². The van der Waals surface area contributed by atoms with Crippen molar-refractivity contribution in [1.29, 1.82) is 0 Å². The van der Waals surface area contributed by atoms with Crippen LogP contribution in [0.5, 0.6) is 0 Å². The summed E-state index contributed by atoms with van der Waals surface area (Å²) in [6, 6.07) is 0. The number of amides is 2. The molecule has 0 unspecified atom stereocenters. The van der Waals surface area contributed by atoms with Crippen LogP contribution < -0.4 is 20.9 Å². The van der Waals surface area contributed by atoms with Crippen LogP contribution in [0, 0.1) is 0 Å². The highest BCUT2D eigenvalue weighted by atomic mass is 16.2. The second kappa shape index (κ2) is 7.69. The van der Waals surface area contributed by atoms with Crippen molar-refractivity contribution in [2.45, 2.75) is 13.8 Å². The van der Waals surface area contributed by atoms with Crippen molar-refractivity contribution in [2.24, 2.45) is 0 Å². The van der Waals surface area contributed by atoms with Gasteiger partial charge in [0, 0.05) is 45.5 Å². The lowest BCUT2D eigenvalue weighted by atomic mass is 10.2. The molecule has 0 bridgehead atoms. The monoisotopic (exact) mass is 306 g/mol. The Hall–Kier alpha value is -2.22. The van der Waals surface area contributed by atoms with E-state index < -0.39 is 0 Å². The summed E-state index contributed by atoms with van der Waals surface area (Å²) in [5.41, 5.74) is 0.322. The van der Waals surface area contributed by atoms with E-state index in [1.54, 1.807) is 0 Å². The summed E-state index contributed by atoms with van der Waals surface area (Å²) < 4.78 is 0. The van der Waals surface area contributed by atoms with Crippen molar-refractivity contribution in [3.63, 3.8) is 0 Å². The molecule has 1 aliphatic heterocycles. The lowest BCUT2D eigenvalue weighted by Gasteiger charge is -2.27. The maximum absolute atomic E-state index is 12.2. The standard InChI is InChI=1S/C14H22N6O2/c1-3-16-12(21)10-9-18-14(20-7-5-15-6-8-20)19-11(10)13(22)17-4-2/h9,15H,3-8H2,1-2H3,(H,16,21)(H,17,22). The molecule has 120 valence electrons. The minimum atomic E-state index is -0.359. The van der Waals surface area contributed by atoms with Gasteiger partial charge in [-0.05, 0) is 13.8 Å². The zero-order chi connectivity index (χ0) is 15.9. The second-order valence-corrected chi connectivity index (χ2v) is 4.89. The summed E-state index contributed by atoms with van der Waals surface area (Å²) in [6.45, 7) is 7.83. The van der Waals surface area contributed by atoms with Crippen LogP contribution in [0.4, 0.5) is 5.95 Å². The van der Waals surface area contributed by atoms with Gasteiger partial charge in [-0.3, -0.25) is 9.59 Å². The van der Waals surface area contributed by atoms with Crippen LogP contribution in [0.15, 0.2) is 6.20 Å². The molecule has 0 aromatic carbocycles. The summed E-state index contributed by atoms with van der Waals surface area (Å²) in [5, 5.41) is 8.61. The Morgan fingerprint density at radius 2 is 1.82 bits per heavy atom. The highest BCUT2D eigenvalue weighted by molar-refractivity contribution is 6.05. The molecule has 1 fully saturated rings. The summed E-state index contributed by atoms with van der Waals surface area (Å²) in [7, 11) is 0. The first-order chi connectivity index (χ1) is 10.7. The molecule has 22 heavy (non-hydrogen) atoms. The predicted octanol–water partition coefficient (Wildman–Crippen LogP) is -0.614. The van der Waals surface area contributed by atoms with Crippen LogP contribution in [0.25, 0.3) is 0 Å². The van der Waals surface area contributed by atoms with Crippen molar-refractivity contribution >= 4 is 17.8 Å². The number of carbonyl (C=O) groups excluding carboxylic acids is 2. The van der Waals surface area contributed by atoms with E-state index in [1.807, 2.05) is 18.7 Å². The van der Waals surface area contributed by atoms with E-state index in [1.165, 1.54) is 6.20 Å². The first kappa shape index (κ1) is 16.2. The average molecular weight is 306 g/mol. The molecule has 2 amide bonds. The number of hydrogen-bond donors (Lipinski definition) is 3. The molecule has 8 heteroatoms. The summed E-state index contributed by atoms with van der Waals surface area (Å²) in [6.07, 6.45) is 1.43. The number of nitrogens with zero attached hydrogens (tertiary/aromatic N) is 3. The molecular formula is C14H22N6O2. The largest absolute Gasteiger partial charge is 0.352 e. The molecule has 1 saturated heterocycles. The van der Waals surface area contributed by atoms with E-state index >= 15 is 0 Å². The van der Waals surface area contributed by atoms with E-state index in [0.29, 0.717) is 19.0 Å². The van der Waals surface area contributed by atoms with Crippen molar-refractivity contribution in [1.82, 2.24) is 25.9 Å². The molecule has 1 aliphatic rings. The van der Waals surface area contributed by atoms with E-state index in [-0.39, 0.29) is 23.1 Å². The molecule has 1 aromatic heterocycles. The number of carbonyl (C=O) groups is 2. The number of piperazine rings is 1. The maximum Gasteiger partial charge on any atom is 0.270 e.